The molecule has 0 spiro atoms. The predicted octanol–water partition coefficient (Wildman–Crippen LogP) is 0.449. The van der Waals surface area contributed by atoms with Gasteiger partial charge in [-0.25, -0.2) is 0 Å². The number of hydrogen-bond acceptors (Lipinski definition) is 4. The van der Waals surface area contributed by atoms with E-state index in [0.29, 0.717) is 12.6 Å². The largest absolute Gasteiger partial charge is 0.394 e. The molecule has 0 bridgehead atoms. The monoisotopic (exact) mass is 252 g/mol. The van der Waals surface area contributed by atoms with Crippen LogP contribution in [0.25, 0.3) is 0 Å². The first-order valence-electron chi connectivity index (χ1n) is 6.83. The van der Waals surface area contributed by atoms with Crippen LogP contribution in [-0.4, -0.2) is 52.6 Å². The van der Waals surface area contributed by atoms with Gasteiger partial charge in [0.1, 0.15) is 0 Å². The fourth-order valence-corrected chi connectivity index (χ4v) is 2.57. The molecule has 2 heterocycles. The van der Waals surface area contributed by atoms with E-state index in [1.165, 1.54) is 24.8 Å². The molecule has 0 aliphatic carbocycles. The van der Waals surface area contributed by atoms with E-state index in [1.54, 1.807) is 4.68 Å². The first kappa shape index (κ1) is 13.5. The maximum absolute atomic E-state index is 8.87. The Morgan fingerprint density at radius 3 is 3.22 bits per heavy atom. The van der Waals surface area contributed by atoms with Gasteiger partial charge in [-0.2, -0.15) is 5.10 Å². The van der Waals surface area contributed by atoms with E-state index in [0.717, 1.165) is 19.6 Å². The molecule has 5 nitrogen and oxygen atoms in total. The van der Waals surface area contributed by atoms with Crippen molar-refractivity contribution in [1.82, 2.24) is 20.0 Å². The van der Waals surface area contributed by atoms with Crippen LogP contribution in [0.3, 0.4) is 0 Å². The van der Waals surface area contributed by atoms with E-state index in [-0.39, 0.29) is 6.61 Å². The van der Waals surface area contributed by atoms with Gasteiger partial charge in [-0.15, -0.1) is 0 Å². The molecule has 5 heteroatoms. The molecule has 102 valence electrons. The highest BCUT2D eigenvalue weighted by Crippen LogP contribution is 2.14. The van der Waals surface area contributed by atoms with Crippen molar-refractivity contribution in [2.75, 3.05) is 26.7 Å². The van der Waals surface area contributed by atoms with Crippen LogP contribution in [0.15, 0.2) is 12.4 Å². The van der Waals surface area contributed by atoms with Crippen molar-refractivity contribution in [3.8, 4) is 0 Å². The van der Waals surface area contributed by atoms with Gasteiger partial charge in [-0.1, -0.05) is 0 Å². The van der Waals surface area contributed by atoms with Gasteiger partial charge in [0.2, 0.25) is 0 Å². The number of rotatable bonds is 5. The van der Waals surface area contributed by atoms with Gasteiger partial charge >= 0.3 is 0 Å². The van der Waals surface area contributed by atoms with Gasteiger partial charge < -0.3 is 10.4 Å². The van der Waals surface area contributed by atoms with Gasteiger partial charge in [-0.05, 0) is 39.4 Å². The molecule has 1 aliphatic rings. The van der Waals surface area contributed by atoms with Crippen LogP contribution in [0, 0.1) is 0 Å². The van der Waals surface area contributed by atoms with Crippen molar-refractivity contribution in [3.63, 3.8) is 0 Å². The van der Waals surface area contributed by atoms with Gasteiger partial charge in [0.25, 0.3) is 0 Å². The Morgan fingerprint density at radius 2 is 2.39 bits per heavy atom. The zero-order chi connectivity index (χ0) is 12.8. The smallest absolute Gasteiger partial charge is 0.0640 e. The summed E-state index contributed by atoms with van der Waals surface area (Å²) in [5.74, 6) is 0. The fraction of sp³-hybridized carbons (Fsp3) is 0.769. The zero-order valence-electron chi connectivity index (χ0n) is 11.2. The minimum atomic E-state index is 0.144. The molecule has 1 saturated heterocycles. The third-order valence-corrected chi connectivity index (χ3v) is 3.62. The highest BCUT2D eigenvalue weighted by Gasteiger charge is 2.17. The average Bonchev–Trinajstić information content (AvgIpc) is 2.65. The predicted molar refractivity (Wildman–Crippen MR) is 71.3 cm³/mol. The number of aliphatic hydroxyl groups excluding tert-OH is 1. The standard InChI is InChI=1S/C13H24N4O/c1-16(13-3-2-5-14-6-4-13)10-12-9-15-17(11-12)7-8-18/h9,11,13-14,18H,2-8,10H2,1H3. The van der Waals surface area contributed by atoms with Crippen molar-refractivity contribution in [3.05, 3.63) is 18.0 Å². The van der Waals surface area contributed by atoms with Crippen molar-refractivity contribution < 1.29 is 5.11 Å². The Morgan fingerprint density at radius 1 is 1.50 bits per heavy atom. The minimum Gasteiger partial charge on any atom is -0.394 e. The van der Waals surface area contributed by atoms with Gasteiger partial charge in [0.05, 0.1) is 19.3 Å². The lowest BCUT2D eigenvalue weighted by Gasteiger charge is -2.26. The zero-order valence-corrected chi connectivity index (χ0v) is 11.2. The van der Waals surface area contributed by atoms with Crippen LogP contribution in [0.2, 0.25) is 0 Å². The molecule has 1 unspecified atom stereocenters. The second-order valence-electron chi connectivity index (χ2n) is 5.09. The van der Waals surface area contributed by atoms with Crippen LogP contribution >= 0.6 is 0 Å². The van der Waals surface area contributed by atoms with Crippen LogP contribution < -0.4 is 5.32 Å². The third kappa shape index (κ3) is 3.80. The number of nitrogens with zero attached hydrogens (tertiary/aromatic N) is 3. The van der Waals surface area contributed by atoms with Crippen LogP contribution in [0.5, 0.6) is 0 Å². The minimum absolute atomic E-state index is 0.144. The molecule has 1 aromatic heterocycles. The number of aliphatic hydroxyl groups is 1. The Balaban J connectivity index is 1.86. The lowest BCUT2D eigenvalue weighted by atomic mass is 10.1. The molecule has 1 atom stereocenters. The van der Waals surface area contributed by atoms with E-state index in [9.17, 15) is 0 Å². The van der Waals surface area contributed by atoms with Crippen LogP contribution in [-0.2, 0) is 13.1 Å². The van der Waals surface area contributed by atoms with Gasteiger partial charge in [0, 0.05) is 24.3 Å². The molecule has 0 aromatic carbocycles. The number of nitrogens with one attached hydrogen (secondary N) is 1. The Bertz CT molecular complexity index is 345. The lowest BCUT2D eigenvalue weighted by molar-refractivity contribution is 0.216. The second-order valence-corrected chi connectivity index (χ2v) is 5.09. The second kappa shape index (κ2) is 6.87. The molecule has 1 aromatic rings. The Labute approximate surface area is 109 Å². The first-order chi connectivity index (χ1) is 8.79. The molecular formula is C13H24N4O. The topological polar surface area (TPSA) is 53.3 Å². The summed E-state index contributed by atoms with van der Waals surface area (Å²) in [6.07, 6.45) is 7.69. The third-order valence-electron chi connectivity index (χ3n) is 3.62. The van der Waals surface area contributed by atoms with Crippen molar-refractivity contribution in [2.45, 2.75) is 38.4 Å². The van der Waals surface area contributed by atoms with E-state index in [2.05, 4.69) is 22.4 Å². The van der Waals surface area contributed by atoms with Gasteiger partial charge in [-0.3, -0.25) is 9.58 Å². The fourth-order valence-electron chi connectivity index (χ4n) is 2.57. The molecule has 2 N–H and O–H groups in total. The summed E-state index contributed by atoms with van der Waals surface area (Å²) in [7, 11) is 2.19. The highest BCUT2D eigenvalue weighted by molar-refractivity contribution is 5.03. The van der Waals surface area contributed by atoms with E-state index >= 15 is 0 Å². The van der Waals surface area contributed by atoms with Crippen LogP contribution in [0.1, 0.15) is 24.8 Å². The molecule has 0 radical (unpaired) electrons. The van der Waals surface area contributed by atoms with Crippen molar-refractivity contribution in [1.29, 1.82) is 0 Å². The molecule has 0 amide bonds. The van der Waals surface area contributed by atoms with E-state index in [1.807, 2.05) is 12.4 Å². The summed E-state index contributed by atoms with van der Waals surface area (Å²) in [5, 5.41) is 16.6. The summed E-state index contributed by atoms with van der Waals surface area (Å²) in [4.78, 5) is 2.42. The first-order valence-corrected chi connectivity index (χ1v) is 6.83. The summed E-state index contributed by atoms with van der Waals surface area (Å²) in [6, 6.07) is 0.668. The Hall–Kier alpha value is -0.910. The van der Waals surface area contributed by atoms with Crippen molar-refractivity contribution >= 4 is 0 Å². The van der Waals surface area contributed by atoms with Crippen molar-refractivity contribution in [2.24, 2.45) is 0 Å². The molecule has 1 aliphatic heterocycles. The van der Waals surface area contributed by atoms with E-state index < -0.39 is 0 Å². The Kier molecular flexibility index (Phi) is 5.16. The van der Waals surface area contributed by atoms with Gasteiger partial charge in [0.15, 0.2) is 0 Å². The molecular weight excluding hydrogens is 228 g/mol. The quantitative estimate of drug-likeness (QED) is 0.799. The summed E-state index contributed by atoms with van der Waals surface area (Å²) in [5.41, 5.74) is 1.23. The SMILES string of the molecule is CN(Cc1cnn(CCO)c1)C1CCCNCC1. The molecule has 0 saturated carbocycles. The maximum atomic E-state index is 8.87. The molecule has 1 fully saturated rings. The summed E-state index contributed by atoms with van der Waals surface area (Å²) in [6.45, 7) is 3.94. The van der Waals surface area contributed by atoms with Crippen LogP contribution in [0.4, 0.5) is 0 Å². The normalized spacial score (nSPS) is 21.2. The lowest BCUT2D eigenvalue weighted by Crippen LogP contribution is -2.31. The maximum Gasteiger partial charge on any atom is 0.0640 e. The molecule has 18 heavy (non-hydrogen) atoms. The highest BCUT2D eigenvalue weighted by atomic mass is 16.3. The average molecular weight is 252 g/mol. The summed E-state index contributed by atoms with van der Waals surface area (Å²) < 4.78 is 1.80. The molecule has 2 rings (SSSR count). The van der Waals surface area contributed by atoms with E-state index in [4.69, 9.17) is 5.11 Å². The number of aromatic nitrogens is 2. The summed E-state index contributed by atoms with van der Waals surface area (Å²) >= 11 is 0. The number of hydrogen-bond donors (Lipinski definition) is 2.